The Balaban J connectivity index is 2.43. The third kappa shape index (κ3) is 2.08. The highest BCUT2D eigenvalue weighted by molar-refractivity contribution is 5.79. The normalized spacial score (nSPS) is 20.2. The number of hydrogen-bond donors (Lipinski definition) is 2. The first-order valence-corrected chi connectivity index (χ1v) is 4.07. The molecular formula is C7H16N4. The Hall–Kier alpha value is -0.770. The van der Waals surface area contributed by atoms with Gasteiger partial charge in [0.25, 0.3) is 0 Å². The molecule has 0 radical (unpaired) electrons. The zero-order valence-corrected chi connectivity index (χ0v) is 7.01. The van der Waals surface area contributed by atoms with Gasteiger partial charge in [-0.3, -0.25) is 10.4 Å². The van der Waals surface area contributed by atoms with Gasteiger partial charge in [-0.15, -0.1) is 0 Å². The third-order valence-corrected chi connectivity index (χ3v) is 2.00. The molecule has 0 unspecified atom stereocenters. The number of aliphatic imine (C=N–C) groups is 1. The van der Waals surface area contributed by atoms with Gasteiger partial charge in [-0.05, 0) is 19.3 Å². The van der Waals surface area contributed by atoms with Gasteiger partial charge in [0.1, 0.15) is 0 Å². The van der Waals surface area contributed by atoms with Crippen molar-refractivity contribution in [3.63, 3.8) is 0 Å². The van der Waals surface area contributed by atoms with Gasteiger partial charge in [0.05, 0.1) is 0 Å². The summed E-state index contributed by atoms with van der Waals surface area (Å²) in [4.78, 5) is 6.22. The quantitative estimate of drug-likeness (QED) is 0.223. The number of rotatable bonds is 0. The molecule has 0 aromatic carbocycles. The first-order valence-electron chi connectivity index (χ1n) is 4.07. The van der Waals surface area contributed by atoms with Crippen molar-refractivity contribution in [1.29, 1.82) is 0 Å². The van der Waals surface area contributed by atoms with E-state index >= 15 is 0 Å². The summed E-state index contributed by atoms with van der Waals surface area (Å²) in [5.74, 6) is 6.10. The minimum Gasteiger partial charge on any atom is -0.342 e. The predicted octanol–water partition coefficient (Wildman–Crippen LogP) is -0.0786. The Bertz CT molecular complexity index is 137. The van der Waals surface area contributed by atoms with Gasteiger partial charge in [-0.1, -0.05) is 0 Å². The molecular weight excluding hydrogens is 140 g/mol. The van der Waals surface area contributed by atoms with Crippen LogP contribution in [0.3, 0.4) is 0 Å². The average Bonchev–Trinajstić information content (AvgIpc) is 2.09. The van der Waals surface area contributed by atoms with E-state index in [4.69, 9.17) is 5.84 Å². The molecule has 64 valence electrons. The summed E-state index contributed by atoms with van der Waals surface area (Å²) in [6.07, 6.45) is 3.83. The van der Waals surface area contributed by atoms with Crippen LogP contribution in [0.2, 0.25) is 0 Å². The van der Waals surface area contributed by atoms with E-state index in [2.05, 4.69) is 15.3 Å². The number of guanidine groups is 1. The van der Waals surface area contributed by atoms with Crippen LogP contribution in [-0.4, -0.2) is 31.0 Å². The van der Waals surface area contributed by atoms with E-state index in [9.17, 15) is 0 Å². The van der Waals surface area contributed by atoms with Gasteiger partial charge in [0, 0.05) is 20.1 Å². The van der Waals surface area contributed by atoms with Crippen molar-refractivity contribution in [2.45, 2.75) is 19.3 Å². The molecule has 1 aliphatic rings. The number of nitrogens with one attached hydrogen (secondary N) is 1. The van der Waals surface area contributed by atoms with E-state index in [1.807, 2.05) is 0 Å². The molecule has 0 saturated carbocycles. The monoisotopic (exact) mass is 156 g/mol. The van der Waals surface area contributed by atoms with Crippen molar-refractivity contribution in [2.24, 2.45) is 10.8 Å². The van der Waals surface area contributed by atoms with Crippen LogP contribution in [0.25, 0.3) is 0 Å². The Labute approximate surface area is 67.4 Å². The molecule has 0 spiro atoms. The number of nitrogens with two attached hydrogens (primary N) is 1. The second kappa shape index (κ2) is 4.18. The lowest BCUT2D eigenvalue weighted by Gasteiger charge is -2.28. The lowest BCUT2D eigenvalue weighted by Crippen LogP contribution is -2.46. The fourth-order valence-corrected chi connectivity index (χ4v) is 1.40. The third-order valence-electron chi connectivity index (χ3n) is 2.00. The van der Waals surface area contributed by atoms with Crippen LogP contribution >= 0.6 is 0 Å². The van der Waals surface area contributed by atoms with Crippen LogP contribution in [0.5, 0.6) is 0 Å². The molecule has 0 amide bonds. The summed E-state index contributed by atoms with van der Waals surface area (Å²) in [6.45, 7) is 2.16. The fourth-order valence-electron chi connectivity index (χ4n) is 1.40. The Morgan fingerprint density at radius 2 is 2.00 bits per heavy atom. The van der Waals surface area contributed by atoms with Crippen LogP contribution < -0.4 is 11.3 Å². The van der Waals surface area contributed by atoms with E-state index in [1.54, 1.807) is 7.05 Å². The maximum Gasteiger partial charge on any atom is 0.208 e. The van der Waals surface area contributed by atoms with Gasteiger partial charge in [0.2, 0.25) is 5.96 Å². The first kappa shape index (κ1) is 8.33. The first-order chi connectivity index (χ1) is 5.38. The molecule has 1 saturated heterocycles. The summed E-state index contributed by atoms with van der Waals surface area (Å²) in [6, 6.07) is 0. The summed E-state index contributed by atoms with van der Waals surface area (Å²) in [5.41, 5.74) is 2.60. The van der Waals surface area contributed by atoms with Gasteiger partial charge < -0.3 is 4.90 Å². The van der Waals surface area contributed by atoms with Gasteiger partial charge >= 0.3 is 0 Å². The smallest absolute Gasteiger partial charge is 0.208 e. The Morgan fingerprint density at radius 1 is 1.36 bits per heavy atom. The number of hydrogen-bond acceptors (Lipinski definition) is 2. The number of nitrogens with zero attached hydrogens (tertiary/aromatic N) is 2. The molecule has 1 rings (SSSR count). The van der Waals surface area contributed by atoms with Crippen LogP contribution in [0.15, 0.2) is 4.99 Å². The zero-order chi connectivity index (χ0) is 8.10. The maximum atomic E-state index is 5.29. The molecule has 0 atom stereocenters. The summed E-state index contributed by atoms with van der Waals surface area (Å²) < 4.78 is 0. The molecule has 0 aromatic rings. The van der Waals surface area contributed by atoms with Crippen molar-refractivity contribution < 1.29 is 0 Å². The van der Waals surface area contributed by atoms with Crippen LogP contribution in [0, 0.1) is 0 Å². The van der Waals surface area contributed by atoms with Gasteiger partial charge in [0.15, 0.2) is 0 Å². The molecule has 4 heteroatoms. The lowest BCUT2D eigenvalue weighted by atomic mass is 10.1. The summed E-state index contributed by atoms with van der Waals surface area (Å²) in [5, 5.41) is 0. The lowest BCUT2D eigenvalue weighted by molar-refractivity contribution is 0.332. The van der Waals surface area contributed by atoms with E-state index < -0.39 is 0 Å². The van der Waals surface area contributed by atoms with Crippen molar-refractivity contribution in [1.82, 2.24) is 10.3 Å². The standard InChI is InChI=1S/C7H16N4/c1-9-7(10-8)11-5-3-2-4-6-11/h2-6,8H2,1H3,(H,9,10). The maximum absolute atomic E-state index is 5.29. The Morgan fingerprint density at radius 3 is 2.45 bits per heavy atom. The Kier molecular flexibility index (Phi) is 3.16. The topological polar surface area (TPSA) is 53.6 Å². The minimum atomic E-state index is 0.810. The minimum absolute atomic E-state index is 0.810. The van der Waals surface area contributed by atoms with Gasteiger partial charge in [-0.25, -0.2) is 5.84 Å². The molecule has 1 heterocycles. The van der Waals surface area contributed by atoms with Crippen molar-refractivity contribution >= 4 is 5.96 Å². The summed E-state index contributed by atoms with van der Waals surface area (Å²) >= 11 is 0. The SMILES string of the molecule is CN=C(NN)N1CCCCC1. The molecule has 1 fully saturated rings. The van der Waals surface area contributed by atoms with Crippen LogP contribution in [0.1, 0.15) is 19.3 Å². The molecule has 3 N–H and O–H groups in total. The second-order valence-electron chi connectivity index (χ2n) is 2.74. The highest BCUT2D eigenvalue weighted by atomic mass is 15.4. The van der Waals surface area contributed by atoms with E-state index in [-0.39, 0.29) is 0 Å². The second-order valence-corrected chi connectivity index (χ2v) is 2.74. The highest BCUT2D eigenvalue weighted by Gasteiger charge is 2.12. The molecule has 1 aliphatic heterocycles. The summed E-state index contributed by atoms with van der Waals surface area (Å²) in [7, 11) is 1.75. The van der Waals surface area contributed by atoms with Crippen LogP contribution in [-0.2, 0) is 0 Å². The molecule has 0 aliphatic carbocycles. The van der Waals surface area contributed by atoms with E-state index in [0.717, 1.165) is 19.0 Å². The van der Waals surface area contributed by atoms with Crippen LogP contribution in [0.4, 0.5) is 0 Å². The van der Waals surface area contributed by atoms with E-state index in [0.29, 0.717) is 0 Å². The molecule has 4 nitrogen and oxygen atoms in total. The fraction of sp³-hybridized carbons (Fsp3) is 0.857. The molecule has 0 bridgehead atoms. The van der Waals surface area contributed by atoms with E-state index in [1.165, 1.54) is 19.3 Å². The van der Waals surface area contributed by atoms with Crippen molar-refractivity contribution in [2.75, 3.05) is 20.1 Å². The molecule has 0 aromatic heterocycles. The largest absolute Gasteiger partial charge is 0.342 e. The average molecular weight is 156 g/mol. The number of likely N-dealkylation sites (tertiary alicyclic amines) is 1. The number of piperidine rings is 1. The predicted molar refractivity (Wildman–Crippen MR) is 46.1 cm³/mol. The number of hydrazine groups is 1. The van der Waals surface area contributed by atoms with Crippen molar-refractivity contribution in [3.8, 4) is 0 Å². The highest BCUT2D eigenvalue weighted by Crippen LogP contribution is 2.07. The molecule has 11 heavy (non-hydrogen) atoms. The van der Waals surface area contributed by atoms with Gasteiger partial charge in [-0.2, -0.15) is 0 Å². The zero-order valence-electron chi connectivity index (χ0n) is 7.01. The van der Waals surface area contributed by atoms with Crippen molar-refractivity contribution in [3.05, 3.63) is 0 Å².